The molecule has 0 radical (unpaired) electrons. The lowest BCUT2D eigenvalue weighted by molar-refractivity contribution is -0.122. The number of amides is 1. The van der Waals surface area contributed by atoms with Gasteiger partial charge >= 0.3 is 0 Å². The Labute approximate surface area is 255 Å². The Hall–Kier alpha value is -3.57. The molecule has 0 bridgehead atoms. The number of hydrogen-bond donors (Lipinski definition) is 0. The van der Waals surface area contributed by atoms with Crippen molar-refractivity contribution in [2.45, 2.75) is 30.6 Å². The van der Waals surface area contributed by atoms with Gasteiger partial charge in [-0.25, -0.2) is 13.1 Å². The highest BCUT2D eigenvalue weighted by Crippen LogP contribution is 2.35. The average Bonchev–Trinajstić information content (AvgIpc) is 3.57. The number of hydrogen-bond acceptors (Lipinski definition) is 6. The largest absolute Gasteiger partial charge is 0.293 e. The Kier molecular flexibility index (Phi) is 8.39. The van der Waals surface area contributed by atoms with E-state index in [1.54, 1.807) is 32.1 Å². The van der Waals surface area contributed by atoms with Crippen molar-refractivity contribution in [3.05, 3.63) is 107 Å². The molecule has 0 spiro atoms. The fourth-order valence-electron chi connectivity index (χ4n) is 5.21. The van der Waals surface area contributed by atoms with Gasteiger partial charge in [0.1, 0.15) is 10.0 Å². The van der Waals surface area contributed by atoms with Crippen LogP contribution in [-0.4, -0.2) is 57.3 Å². The minimum Gasteiger partial charge on any atom is -0.293 e. The number of carbonyl (C=O) groups is 1. The SMILES string of the molecule is O=C1C(=Cc2cn(-c3ccccc3)nc2-c2cccc(S(=O)(=O)N3CCCCC3)c2)SC(=S)N1CCc1ccccc1. The molecule has 2 aliphatic heterocycles. The van der Waals surface area contributed by atoms with Gasteiger partial charge in [-0.05, 0) is 55.2 Å². The van der Waals surface area contributed by atoms with Crippen LogP contribution in [0.5, 0.6) is 0 Å². The first-order valence-electron chi connectivity index (χ1n) is 14.0. The average molecular weight is 615 g/mol. The minimum absolute atomic E-state index is 0.138. The number of sulfonamides is 1. The van der Waals surface area contributed by atoms with Gasteiger partial charge in [-0.2, -0.15) is 9.40 Å². The van der Waals surface area contributed by atoms with Gasteiger partial charge in [-0.15, -0.1) is 0 Å². The van der Waals surface area contributed by atoms with Crippen LogP contribution in [0.4, 0.5) is 0 Å². The lowest BCUT2D eigenvalue weighted by atomic mass is 10.1. The molecule has 4 aromatic rings. The van der Waals surface area contributed by atoms with E-state index in [1.807, 2.05) is 79.0 Å². The maximum absolute atomic E-state index is 13.5. The van der Waals surface area contributed by atoms with E-state index < -0.39 is 10.0 Å². The number of nitrogens with zero attached hydrogens (tertiary/aromatic N) is 4. The summed E-state index contributed by atoms with van der Waals surface area (Å²) in [5, 5.41) is 4.86. The predicted molar refractivity (Wildman–Crippen MR) is 172 cm³/mol. The highest BCUT2D eigenvalue weighted by molar-refractivity contribution is 8.26. The summed E-state index contributed by atoms with van der Waals surface area (Å²) in [5.74, 6) is -0.138. The number of para-hydroxylation sites is 1. The van der Waals surface area contributed by atoms with Gasteiger partial charge in [0.2, 0.25) is 10.0 Å². The minimum atomic E-state index is -3.62. The Bertz CT molecular complexity index is 1750. The van der Waals surface area contributed by atoms with Crippen LogP contribution in [-0.2, 0) is 21.2 Å². The molecule has 10 heteroatoms. The highest BCUT2D eigenvalue weighted by Gasteiger charge is 2.32. The van der Waals surface area contributed by atoms with E-state index in [1.165, 1.54) is 11.8 Å². The molecule has 3 aromatic carbocycles. The first kappa shape index (κ1) is 28.5. The Morgan fingerprint density at radius 1 is 0.905 bits per heavy atom. The summed E-state index contributed by atoms with van der Waals surface area (Å²) >= 11 is 6.87. The van der Waals surface area contributed by atoms with Crippen LogP contribution in [0.1, 0.15) is 30.4 Å². The summed E-state index contributed by atoms with van der Waals surface area (Å²) in [7, 11) is -3.62. The summed E-state index contributed by atoms with van der Waals surface area (Å²) in [6.45, 7) is 1.57. The lowest BCUT2D eigenvalue weighted by Crippen LogP contribution is -2.35. The molecule has 6 rings (SSSR count). The van der Waals surface area contributed by atoms with E-state index in [9.17, 15) is 13.2 Å². The molecular weight excluding hydrogens is 585 g/mol. The number of thioether (sulfide) groups is 1. The number of piperidine rings is 1. The second-order valence-corrected chi connectivity index (χ2v) is 13.9. The van der Waals surface area contributed by atoms with E-state index in [-0.39, 0.29) is 10.8 Å². The van der Waals surface area contributed by atoms with Crippen LogP contribution >= 0.6 is 24.0 Å². The molecule has 2 aliphatic rings. The van der Waals surface area contributed by atoms with Gasteiger partial charge in [0.15, 0.2) is 0 Å². The Morgan fingerprint density at radius 3 is 2.36 bits per heavy atom. The Morgan fingerprint density at radius 2 is 1.62 bits per heavy atom. The van der Waals surface area contributed by atoms with Gasteiger partial charge in [-0.3, -0.25) is 9.69 Å². The first-order valence-corrected chi connectivity index (χ1v) is 16.6. The van der Waals surface area contributed by atoms with Gasteiger partial charge in [-0.1, -0.05) is 91.1 Å². The van der Waals surface area contributed by atoms with Crippen LogP contribution in [0.3, 0.4) is 0 Å². The summed E-state index contributed by atoms with van der Waals surface area (Å²) in [6.07, 6.45) is 7.17. The standard InChI is InChI=1S/C32H30N4O3S3/c37-31-29(41-32(40)35(31)20-17-24-11-4-1-5-12-24)22-26-23-36(27-14-6-2-7-15-27)33-30(26)25-13-10-16-28(21-25)42(38,39)34-18-8-3-9-19-34/h1-2,4-7,10-16,21-23H,3,8-9,17-20H2. The summed E-state index contributed by atoms with van der Waals surface area (Å²) in [6, 6.07) is 26.6. The van der Waals surface area contributed by atoms with E-state index in [4.69, 9.17) is 17.3 Å². The molecule has 42 heavy (non-hydrogen) atoms. The smallest absolute Gasteiger partial charge is 0.266 e. The molecular formula is C32H30N4O3S3. The molecule has 214 valence electrons. The molecule has 1 aromatic heterocycles. The summed E-state index contributed by atoms with van der Waals surface area (Å²) in [5.41, 5.74) is 3.94. The molecule has 0 N–H and O–H groups in total. The van der Waals surface area contributed by atoms with Crippen LogP contribution in [0, 0.1) is 0 Å². The third kappa shape index (κ3) is 5.98. The van der Waals surface area contributed by atoms with E-state index in [0.29, 0.717) is 52.1 Å². The van der Waals surface area contributed by atoms with Gasteiger partial charge in [0, 0.05) is 37.0 Å². The van der Waals surface area contributed by atoms with Crippen LogP contribution in [0.2, 0.25) is 0 Å². The van der Waals surface area contributed by atoms with Crippen molar-refractivity contribution in [1.82, 2.24) is 19.0 Å². The third-order valence-corrected chi connectivity index (χ3v) is 10.7. The van der Waals surface area contributed by atoms with Crippen LogP contribution in [0.25, 0.3) is 23.0 Å². The van der Waals surface area contributed by atoms with Gasteiger partial charge in [0.05, 0.1) is 15.5 Å². The molecule has 0 aliphatic carbocycles. The van der Waals surface area contributed by atoms with Crippen molar-refractivity contribution >= 4 is 50.3 Å². The van der Waals surface area contributed by atoms with Crippen molar-refractivity contribution in [1.29, 1.82) is 0 Å². The number of rotatable bonds is 8. The molecule has 2 fully saturated rings. The third-order valence-electron chi connectivity index (χ3n) is 7.45. The zero-order valence-electron chi connectivity index (χ0n) is 22.9. The van der Waals surface area contributed by atoms with E-state index in [2.05, 4.69) is 0 Å². The summed E-state index contributed by atoms with van der Waals surface area (Å²) in [4.78, 5) is 15.9. The van der Waals surface area contributed by atoms with Crippen molar-refractivity contribution in [3.8, 4) is 16.9 Å². The van der Waals surface area contributed by atoms with Gasteiger partial charge < -0.3 is 0 Å². The highest BCUT2D eigenvalue weighted by atomic mass is 32.2. The quantitative estimate of drug-likeness (QED) is 0.175. The maximum atomic E-state index is 13.5. The first-order chi connectivity index (χ1) is 20.4. The number of carbonyl (C=O) groups excluding carboxylic acids is 1. The second kappa shape index (κ2) is 12.3. The molecule has 0 saturated carbocycles. The van der Waals surface area contributed by atoms with Crippen LogP contribution < -0.4 is 0 Å². The fraction of sp³-hybridized carbons (Fsp3) is 0.219. The van der Waals surface area contributed by atoms with Crippen molar-refractivity contribution < 1.29 is 13.2 Å². The van der Waals surface area contributed by atoms with Gasteiger partial charge in [0.25, 0.3) is 5.91 Å². The summed E-state index contributed by atoms with van der Waals surface area (Å²) < 4.78 is 30.8. The molecule has 2 saturated heterocycles. The van der Waals surface area contributed by atoms with E-state index >= 15 is 0 Å². The van der Waals surface area contributed by atoms with E-state index in [0.717, 1.165) is 30.5 Å². The normalized spacial score (nSPS) is 17.3. The Balaban J connectivity index is 1.35. The molecule has 3 heterocycles. The van der Waals surface area contributed by atoms with Crippen LogP contribution in [0.15, 0.2) is 101 Å². The monoisotopic (exact) mass is 614 g/mol. The topological polar surface area (TPSA) is 75.5 Å². The fourth-order valence-corrected chi connectivity index (χ4v) is 8.07. The zero-order chi connectivity index (χ0) is 29.1. The van der Waals surface area contributed by atoms with Crippen molar-refractivity contribution in [3.63, 3.8) is 0 Å². The molecule has 7 nitrogen and oxygen atoms in total. The van der Waals surface area contributed by atoms with Crippen molar-refractivity contribution in [2.75, 3.05) is 19.6 Å². The second-order valence-electron chi connectivity index (χ2n) is 10.3. The maximum Gasteiger partial charge on any atom is 0.266 e. The number of benzene rings is 3. The zero-order valence-corrected chi connectivity index (χ0v) is 25.4. The van der Waals surface area contributed by atoms with Crippen molar-refractivity contribution in [2.24, 2.45) is 0 Å². The molecule has 0 unspecified atom stereocenters. The lowest BCUT2D eigenvalue weighted by Gasteiger charge is -2.26. The molecule has 0 atom stereocenters. The molecule has 1 amide bonds. The predicted octanol–water partition coefficient (Wildman–Crippen LogP) is 6.16. The number of thiocarbonyl (C=S) groups is 1. The number of aromatic nitrogens is 2.